The Labute approximate surface area is 118 Å². The first-order valence-electron chi connectivity index (χ1n) is 6.57. The lowest BCUT2D eigenvalue weighted by atomic mass is 9.85. The lowest BCUT2D eigenvalue weighted by Crippen LogP contribution is -2.28. The van der Waals surface area contributed by atoms with Crippen molar-refractivity contribution < 1.29 is 4.79 Å². The van der Waals surface area contributed by atoms with Crippen molar-refractivity contribution >= 4 is 17.5 Å². The summed E-state index contributed by atoms with van der Waals surface area (Å²) < 4.78 is 0. The summed E-state index contributed by atoms with van der Waals surface area (Å²) in [5, 5.41) is 0. The summed E-state index contributed by atoms with van der Waals surface area (Å²) in [6, 6.07) is 20.3. The molecule has 2 atom stereocenters. The van der Waals surface area contributed by atoms with Crippen LogP contribution in [0.1, 0.15) is 23.0 Å². The predicted octanol–water partition coefficient (Wildman–Crippen LogP) is 3.87. The van der Waals surface area contributed by atoms with Crippen LogP contribution in [0.4, 0.5) is 0 Å². The molecule has 0 saturated carbocycles. The van der Waals surface area contributed by atoms with Crippen molar-refractivity contribution in [2.75, 3.05) is 11.5 Å². The molecule has 0 bridgehead atoms. The summed E-state index contributed by atoms with van der Waals surface area (Å²) in [5.74, 6) is 2.28. The molecule has 0 radical (unpaired) electrons. The standard InChI is InChI=1S/C17H16OS/c18-17-15(13-7-3-1-4-8-13)11-19-12-16(17)14-9-5-2-6-10-14/h1-10,15-16H,11-12H2. The molecular formula is C17H16OS. The summed E-state index contributed by atoms with van der Waals surface area (Å²) in [7, 11) is 0. The maximum absolute atomic E-state index is 12.7. The van der Waals surface area contributed by atoms with Crippen LogP contribution in [0.2, 0.25) is 0 Å². The molecule has 2 aromatic rings. The lowest BCUT2D eigenvalue weighted by molar-refractivity contribution is -0.121. The Morgan fingerprint density at radius 2 is 1.16 bits per heavy atom. The van der Waals surface area contributed by atoms with E-state index in [0.717, 1.165) is 22.6 Å². The van der Waals surface area contributed by atoms with Crippen LogP contribution in [-0.2, 0) is 4.79 Å². The number of benzene rings is 2. The average Bonchev–Trinajstić information content (AvgIpc) is 2.49. The van der Waals surface area contributed by atoms with Gasteiger partial charge in [-0.1, -0.05) is 60.7 Å². The normalized spacial score (nSPS) is 23.3. The third-order valence-corrected chi connectivity index (χ3v) is 4.80. The van der Waals surface area contributed by atoms with Crippen molar-refractivity contribution in [2.24, 2.45) is 0 Å². The highest BCUT2D eigenvalue weighted by Gasteiger charge is 2.33. The second kappa shape index (κ2) is 5.62. The maximum Gasteiger partial charge on any atom is 0.149 e. The molecule has 0 aliphatic carbocycles. The molecule has 1 aliphatic heterocycles. The quantitative estimate of drug-likeness (QED) is 0.822. The number of thioether (sulfide) groups is 1. The minimum absolute atomic E-state index is 0.0464. The minimum Gasteiger partial charge on any atom is -0.298 e. The average molecular weight is 268 g/mol. The van der Waals surface area contributed by atoms with Gasteiger partial charge in [-0.2, -0.15) is 11.8 Å². The number of hydrogen-bond donors (Lipinski definition) is 0. The molecule has 19 heavy (non-hydrogen) atoms. The zero-order valence-corrected chi connectivity index (χ0v) is 11.5. The minimum atomic E-state index is 0.0464. The number of Topliss-reactive ketones (excluding diaryl/α,β-unsaturated/α-hetero) is 1. The molecule has 1 fully saturated rings. The molecule has 1 aliphatic rings. The molecule has 3 rings (SSSR count). The Hall–Kier alpha value is -1.54. The third-order valence-electron chi connectivity index (χ3n) is 3.66. The lowest BCUT2D eigenvalue weighted by Gasteiger charge is -2.28. The summed E-state index contributed by atoms with van der Waals surface area (Å²) >= 11 is 1.88. The van der Waals surface area contributed by atoms with E-state index >= 15 is 0 Å². The summed E-state index contributed by atoms with van der Waals surface area (Å²) in [4.78, 5) is 12.7. The van der Waals surface area contributed by atoms with Crippen molar-refractivity contribution in [1.82, 2.24) is 0 Å². The van der Waals surface area contributed by atoms with E-state index in [1.807, 2.05) is 48.2 Å². The van der Waals surface area contributed by atoms with Gasteiger partial charge in [0.1, 0.15) is 5.78 Å². The van der Waals surface area contributed by atoms with E-state index in [0.29, 0.717) is 5.78 Å². The Balaban J connectivity index is 1.88. The van der Waals surface area contributed by atoms with Gasteiger partial charge in [0, 0.05) is 11.5 Å². The molecule has 96 valence electrons. The molecular weight excluding hydrogens is 252 g/mol. The van der Waals surface area contributed by atoms with Gasteiger partial charge in [0.2, 0.25) is 0 Å². The van der Waals surface area contributed by atoms with Crippen molar-refractivity contribution in [1.29, 1.82) is 0 Å². The Morgan fingerprint density at radius 3 is 1.58 bits per heavy atom. The number of rotatable bonds is 2. The van der Waals surface area contributed by atoms with Gasteiger partial charge in [0.15, 0.2) is 0 Å². The molecule has 1 saturated heterocycles. The van der Waals surface area contributed by atoms with Gasteiger partial charge < -0.3 is 0 Å². The van der Waals surface area contributed by atoms with Gasteiger partial charge in [-0.05, 0) is 11.1 Å². The zero-order valence-electron chi connectivity index (χ0n) is 10.7. The van der Waals surface area contributed by atoms with Crippen LogP contribution in [0.25, 0.3) is 0 Å². The first-order valence-corrected chi connectivity index (χ1v) is 7.73. The fourth-order valence-corrected chi connectivity index (χ4v) is 3.92. The molecule has 2 heteroatoms. The largest absolute Gasteiger partial charge is 0.298 e. The van der Waals surface area contributed by atoms with Gasteiger partial charge in [0.25, 0.3) is 0 Å². The van der Waals surface area contributed by atoms with Crippen molar-refractivity contribution in [2.45, 2.75) is 11.8 Å². The highest BCUT2D eigenvalue weighted by Crippen LogP contribution is 2.36. The van der Waals surface area contributed by atoms with Gasteiger partial charge in [-0.15, -0.1) is 0 Å². The van der Waals surface area contributed by atoms with Gasteiger partial charge >= 0.3 is 0 Å². The van der Waals surface area contributed by atoms with Crippen molar-refractivity contribution in [3.05, 3.63) is 71.8 Å². The summed E-state index contributed by atoms with van der Waals surface area (Å²) in [5.41, 5.74) is 2.31. The number of carbonyl (C=O) groups excluding carboxylic acids is 1. The zero-order chi connectivity index (χ0) is 13.1. The van der Waals surface area contributed by atoms with E-state index in [9.17, 15) is 4.79 Å². The SMILES string of the molecule is O=C1C(c2ccccc2)CSCC1c1ccccc1. The highest BCUT2D eigenvalue weighted by atomic mass is 32.2. The molecule has 1 heterocycles. The van der Waals surface area contributed by atoms with Crippen LogP contribution in [-0.4, -0.2) is 17.3 Å². The third kappa shape index (κ3) is 2.59. The van der Waals surface area contributed by atoms with E-state index in [1.165, 1.54) is 0 Å². The van der Waals surface area contributed by atoms with E-state index < -0.39 is 0 Å². The Morgan fingerprint density at radius 1 is 0.737 bits per heavy atom. The number of hydrogen-bond acceptors (Lipinski definition) is 2. The van der Waals surface area contributed by atoms with Crippen molar-refractivity contribution in [3.63, 3.8) is 0 Å². The first-order chi connectivity index (χ1) is 9.36. The number of carbonyl (C=O) groups is 1. The van der Waals surface area contributed by atoms with E-state index in [4.69, 9.17) is 0 Å². The van der Waals surface area contributed by atoms with Crippen LogP contribution >= 0.6 is 11.8 Å². The van der Waals surface area contributed by atoms with Crippen LogP contribution in [0, 0.1) is 0 Å². The summed E-state index contributed by atoms with van der Waals surface area (Å²) in [6.07, 6.45) is 0. The second-order valence-corrected chi connectivity index (χ2v) is 5.94. The topological polar surface area (TPSA) is 17.1 Å². The van der Waals surface area contributed by atoms with Gasteiger partial charge in [-0.25, -0.2) is 0 Å². The predicted molar refractivity (Wildman–Crippen MR) is 80.7 cm³/mol. The van der Waals surface area contributed by atoms with Gasteiger partial charge in [0.05, 0.1) is 11.8 Å². The van der Waals surface area contributed by atoms with Gasteiger partial charge in [-0.3, -0.25) is 4.79 Å². The van der Waals surface area contributed by atoms with E-state index in [1.54, 1.807) is 0 Å². The molecule has 2 aromatic carbocycles. The fourth-order valence-electron chi connectivity index (χ4n) is 2.60. The fraction of sp³-hybridized carbons (Fsp3) is 0.235. The van der Waals surface area contributed by atoms with E-state index in [2.05, 4.69) is 24.3 Å². The molecule has 0 amide bonds. The molecule has 0 N–H and O–H groups in total. The van der Waals surface area contributed by atoms with Crippen LogP contribution in [0.15, 0.2) is 60.7 Å². The van der Waals surface area contributed by atoms with Crippen LogP contribution in [0.3, 0.4) is 0 Å². The second-order valence-electron chi connectivity index (χ2n) is 4.87. The Bertz CT molecular complexity index is 500. The Kier molecular flexibility index (Phi) is 3.69. The smallest absolute Gasteiger partial charge is 0.149 e. The summed E-state index contributed by atoms with van der Waals surface area (Å²) in [6.45, 7) is 0. The highest BCUT2D eigenvalue weighted by molar-refractivity contribution is 7.99. The molecule has 1 nitrogen and oxygen atoms in total. The molecule has 0 spiro atoms. The monoisotopic (exact) mass is 268 g/mol. The van der Waals surface area contributed by atoms with Crippen LogP contribution < -0.4 is 0 Å². The molecule has 0 aromatic heterocycles. The number of ketones is 1. The molecule has 2 unspecified atom stereocenters. The van der Waals surface area contributed by atoms with Crippen LogP contribution in [0.5, 0.6) is 0 Å². The van der Waals surface area contributed by atoms with E-state index in [-0.39, 0.29) is 11.8 Å². The maximum atomic E-state index is 12.7. The first kappa shape index (κ1) is 12.5. The van der Waals surface area contributed by atoms with Crippen molar-refractivity contribution in [3.8, 4) is 0 Å².